The fraction of sp³-hybridized carbons (Fsp3) is 0.125. The van der Waals surface area contributed by atoms with Crippen LogP contribution in [0, 0.1) is 6.92 Å². The smallest absolute Gasteiger partial charge is 0.250 e. The van der Waals surface area contributed by atoms with Gasteiger partial charge < -0.3 is 4.57 Å². The van der Waals surface area contributed by atoms with Crippen molar-refractivity contribution in [1.82, 2.24) is 9.55 Å². The Balaban J connectivity index is 1.94. The van der Waals surface area contributed by atoms with Crippen molar-refractivity contribution in [3.63, 3.8) is 0 Å². The van der Waals surface area contributed by atoms with Gasteiger partial charge in [-0.05, 0) is 13.0 Å². The van der Waals surface area contributed by atoms with Crippen LogP contribution in [-0.2, 0) is 6.54 Å². The molecule has 2 heterocycles. The van der Waals surface area contributed by atoms with Gasteiger partial charge in [-0.15, -0.1) is 11.3 Å². The van der Waals surface area contributed by atoms with Crippen LogP contribution in [0.3, 0.4) is 0 Å². The lowest BCUT2D eigenvalue weighted by molar-refractivity contribution is 0.764. The SMILES string of the molecule is Cc1nc(-c2ccccc2)sc1Cn1ccccc1=O. The summed E-state index contributed by atoms with van der Waals surface area (Å²) in [5.41, 5.74) is 2.12. The van der Waals surface area contributed by atoms with E-state index in [2.05, 4.69) is 17.1 Å². The predicted octanol–water partition coefficient (Wildman–Crippen LogP) is 3.33. The molecule has 0 aliphatic rings. The maximum atomic E-state index is 11.8. The van der Waals surface area contributed by atoms with Gasteiger partial charge in [-0.3, -0.25) is 4.79 Å². The van der Waals surface area contributed by atoms with Gasteiger partial charge >= 0.3 is 0 Å². The van der Waals surface area contributed by atoms with Crippen LogP contribution < -0.4 is 5.56 Å². The molecule has 3 nitrogen and oxygen atoms in total. The second-order valence-electron chi connectivity index (χ2n) is 4.56. The van der Waals surface area contributed by atoms with Crippen molar-refractivity contribution in [2.75, 3.05) is 0 Å². The summed E-state index contributed by atoms with van der Waals surface area (Å²) in [4.78, 5) is 17.5. The van der Waals surface area contributed by atoms with Crippen molar-refractivity contribution in [2.45, 2.75) is 13.5 Å². The summed E-state index contributed by atoms with van der Waals surface area (Å²) >= 11 is 1.65. The molecule has 100 valence electrons. The van der Waals surface area contributed by atoms with E-state index in [1.54, 1.807) is 28.0 Å². The zero-order valence-electron chi connectivity index (χ0n) is 11.1. The molecule has 0 fully saturated rings. The molecule has 4 heteroatoms. The monoisotopic (exact) mass is 282 g/mol. The fourth-order valence-corrected chi connectivity index (χ4v) is 3.09. The number of hydrogen-bond donors (Lipinski definition) is 0. The van der Waals surface area contributed by atoms with Gasteiger partial charge in [0.1, 0.15) is 5.01 Å². The van der Waals surface area contributed by atoms with Crippen LogP contribution in [0.25, 0.3) is 10.6 Å². The molecule has 0 unspecified atom stereocenters. The lowest BCUT2D eigenvalue weighted by atomic mass is 10.2. The van der Waals surface area contributed by atoms with Crippen LogP contribution in [0.5, 0.6) is 0 Å². The van der Waals surface area contributed by atoms with Crippen molar-refractivity contribution in [2.24, 2.45) is 0 Å². The van der Waals surface area contributed by atoms with Crippen molar-refractivity contribution in [1.29, 1.82) is 0 Å². The molecule has 3 aromatic rings. The molecule has 0 aliphatic heterocycles. The molecule has 0 N–H and O–H groups in total. The molecule has 1 aromatic carbocycles. The highest BCUT2D eigenvalue weighted by Gasteiger charge is 2.10. The number of pyridine rings is 1. The lowest BCUT2D eigenvalue weighted by Crippen LogP contribution is -2.18. The molecule has 0 radical (unpaired) electrons. The molecule has 0 saturated carbocycles. The first-order valence-electron chi connectivity index (χ1n) is 6.41. The number of thiazole rings is 1. The second kappa shape index (κ2) is 5.43. The summed E-state index contributed by atoms with van der Waals surface area (Å²) in [5.74, 6) is 0. The molecule has 0 aliphatic carbocycles. The minimum Gasteiger partial charge on any atom is -0.310 e. The predicted molar refractivity (Wildman–Crippen MR) is 82.1 cm³/mol. The van der Waals surface area contributed by atoms with Crippen LogP contribution in [-0.4, -0.2) is 9.55 Å². The van der Waals surface area contributed by atoms with E-state index >= 15 is 0 Å². The lowest BCUT2D eigenvalue weighted by Gasteiger charge is -2.02. The van der Waals surface area contributed by atoms with E-state index in [-0.39, 0.29) is 5.56 Å². The van der Waals surface area contributed by atoms with Crippen molar-refractivity contribution < 1.29 is 0 Å². The molecule has 0 amide bonds. The van der Waals surface area contributed by atoms with Crippen LogP contribution in [0.15, 0.2) is 59.5 Å². The number of nitrogens with zero attached hydrogens (tertiary/aromatic N) is 2. The van der Waals surface area contributed by atoms with Crippen LogP contribution in [0.2, 0.25) is 0 Å². The molecule has 0 bridgehead atoms. The summed E-state index contributed by atoms with van der Waals surface area (Å²) < 4.78 is 1.70. The molecule has 0 spiro atoms. The van der Waals surface area contributed by atoms with Crippen molar-refractivity contribution in [3.05, 3.63) is 75.7 Å². The molecular formula is C16H14N2OS. The van der Waals surface area contributed by atoms with Crippen molar-refractivity contribution >= 4 is 11.3 Å². The largest absolute Gasteiger partial charge is 0.310 e. The summed E-state index contributed by atoms with van der Waals surface area (Å²) in [7, 11) is 0. The Kier molecular flexibility index (Phi) is 3.48. The maximum absolute atomic E-state index is 11.8. The number of rotatable bonds is 3. The minimum atomic E-state index is 0.0153. The molecule has 2 aromatic heterocycles. The van der Waals surface area contributed by atoms with Gasteiger partial charge in [-0.25, -0.2) is 4.98 Å². The van der Waals surface area contributed by atoms with Crippen LogP contribution in [0.4, 0.5) is 0 Å². The molecular weight excluding hydrogens is 268 g/mol. The third-order valence-corrected chi connectivity index (χ3v) is 4.32. The normalized spacial score (nSPS) is 10.7. The highest BCUT2D eigenvalue weighted by Crippen LogP contribution is 2.27. The number of aromatic nitrogens is 2. The number of aryl methyl sites for hydroxylation is 1. The summed E-state index contributed by atoms with van der Waals surface area (Å²) in [6.07, 6.45) is 1.81. The third kappa shape index (κ3) is 2.56. The van der Waals surface area contributed by atoms with E-state index in [0.717, 1.165) is 21.1 Å². The Bertz CT molecular complexity index is 774. The van der Waals surface area contributed by atoms with Crippen LogP contribution >= 0.6 is 11.3 Å². The Labute approximate surface area is 121 Å². The maximum Gasteiger partial charge on any atom is 0.250 e. The zero-order valence-corrected chi connectivity index (χ0v) is 11.9. The zero-order chi connectivity index (χ0) is 13.9. The van der Waals surface area contributed by atoms with E-state index in [4.69, 9.17) is 0 Å². The van der Waals surface area contributed by atoms with E-state index in [1.165, 1.54) is 0 Å². The Morgan fingerprint density at radius 3 is 2.60 bits per heavy atom. The molecule has 0 atom stereocenters. The highest BCUT2D eigenvalue weighted by molar-refractivity contribution is 7.15. The number of benzene rings is 1. The molecule has 0 saturated heterocycles. The standard InChI is InChI=1S/C16H14N2OS/c1-12-14(11-18-10-6-5-9-15(18)19)20-16(17-12)13-7-3-2-4-8-13/h2-10H,11H2,1H3. The van der Waals surface area contributed by atoms with Gasteiger partial charge in [0.05, 0.1) is 12.2 Å². The Hall–Kier alpha value is -2.20. The van der Waals surface area contributed by atoms with Gasteiger partial charge in [0.25, 0.3) is 5.56 Å². The summed E-state index contributed by atoms with van der Waals surface area (Å²) in [6, 6.07) is 15.3. The summed E-state index contributed by atoms with van der Waals surface area (Å²) in [6.45, 7) is 2.57. The van der Waals surface area contributed by atoms with E-state index in [9.17, 15) is 4.79 Å². The average Bonchev–Trinajstić information content (AvgIpc) is 2.84. The third-order valence-electron chi connectivity index (χ3n) is 3.13. The van der Waals surface area contributed by atoms with Gasteiger partial charge in [0.15, 0.2) is 0 Å². The quantitative estimate of drug-likeness (QED) is 0.738. The Morgan fingerprint density at radius 2 is 1.85 bits per heavy atom. The van der Waals surface area contributed by atoms with Crippen molar-refractivity contribution in [3.8, 4) is 10.6 Å². The fourth-order valence-electron chi connectivity index (χ4n) is 2.02. The van der Waals surface area contributed by atoms with Gasteiger partial charge in [0.2, 0.25) is 0 Å². The van der Waals surface area contributed by atoms with E-state index < -0.39 is 0 Å². The average molecular weight is 282 g/mol. The topological polar surface area (TPSA) is 34.9 Å². The van der Waals surface area contributed by atoms with Gasteiger partial charge in [-0.2, -0.15) is 0 Å². The minimum absolute atomic E-state index is 0.0153. The first kappa shape index (κ1) is 12.8. The van der Waals surface area contributed by atoms with E-state index in [0.29, 0.717) is 6.54 Å². The highest BCUT2D eigenvalue weighted by atomic mass is 32.1. The van der Waals surface area contributed by atoms with Gasteiger partial charge in [-0.1, -0.05) is 36.4 Å². The first-order chi connectivity index (χ1) is 9.74. The van der Waals surface area contributed by atoms with E-state index in [1.807, 2.05) is 37.4 Å². The first-order valence-corrected chi connectivity index (χ1v) is 7.23. The summed E-state index contributed by atoms with van der Waals surface area (Å²) in [5, 5.41) is 1.00. The second-order valence-corrected chi connectivity index (χ2v) is 5.64. The Morgan fingerprint density at radius 1 is 1.10 bits per heavy atom. The molecule has 20 heavy (non-hydrogen) atoms. The number of hydrogen-bond acceptors (Lipinski definition) is 3. The van der Waals surface area contributed by atoms with Crippen LogP contribution in [0.1, 0.15) is 10.6 Å². The molecule has 3 rings (SSSR count). The van der Waals surface area contributed by atoms with Gasteiger partial charge in [0, 0.05) is 22.7 Å².